The van der Waals surface area contributed by atoms with E-state index in [0.29, 0.717) is 33.9 Å². The largest absolute Gasteiger partial charge is 0.504 e. The lowest BCUT2D eigenvalue weighted by molar-refractivity contribution is 0.373. The Labute approximate surface area is 171 Å². The first kappa shape index (κ1) is 18.8. The second-order valence-electron chi connectivity index (χ2n) is 6.32. The van der Waals surface area contributed by atoms with Gasteiger partial charge in [-0.25, -0.2) is 9.66 Å². The number of fused-ring (bicyclic) bond motifs is 1. The van der Waals surface area contributed by atoms with Crippen LogP contribution in [0.4, 0.5) is 0 Å². The summed E-state index contributed by atoms with van der Waals surface area (Å²) in [5, 5.41) is 11.0. The first-order valence-corrected chi connectivity index (χ1v) is 9.17. The number of nitrogens with zero attached hydrogens (tertiary/aromatic N) is 3. The van der Waals surface area contributed by atoms with Gasteiger partial charge in [-0.1, -0.05) is 23.7 Å². The van der Waals surface area contributed by atoms with Crippen molar-refractivity contribution in [1.82, 2.24) is 14.6 Å². The van der Waals surface area contributed by atoms with Gasteiger partial charge in [-0.3, -0.25) is 9.78 Å². The van der Waals surface area contributed by atoms with Crippen molar-refractivity contribution in [1.29, 1.82) is 0 Å². The highest BCUT2D eigenvalue weighted by atomic mass is 35.5. The monoisotopic (exact) mass is 408 g/mol. The molecule has 2 aromatic heterocycles. The Morgan fingerprint density at radius 3 is 2.72 bits per heavy atom. The fourth-order valence-corrected chi connectivity index (χ4v) is 3.09. The first-order valence-electron chi connectivity index (χ1n) is 8.79. The standard InChI is InChI=1S/C21H17ClN4O3/c1-29-19-10-14(4-7-18(19)27)20-25-17-12-23-9-8-16(17)21(28)26(20)24-11-13-2-5-15(22)6-3-13/h2-10,12,24,27H,11H2,1H3. The van der Waals surface area contributed by atoms with Gasteiger partial charge < -0.3 is 15.3 Å². The van der Waals surface area contributed by atoms with Crippen molar-refractivity contribution < 1.29 is 9.84 Å². The number of pyridine rings is 1. The molecule has 4 rings (SSSR count). The topological polar surface area (TPSA) is 89.3 Å². The van der Waals surface area contributed by atoms with Crippen LogP contribution in [0.1, 0.15) is 5.56 Å². The minimum atomic E-state index is -0.256. The van der Waals surface area contributed by atoms with Crippen LogP contribution >= 0.6 is 11.6 Å². The van der Waals surface area contributed by atoms with E-state index in [1.165, 1.54) is 17.9 Å². The molecule has 0 fully saturated rings. The van der Waals surface area contributed by atoms with E-state index < -0.39 is 0 Å². The number of benzene rings is 2. The fourth-order valence-electron chi connectivity index (χ4n) is 2.97. The third-order valence-corrected chi connectivity index (χ3v) is 4.72. The molecule has 0 aliphatic rings. The van der Waals surface area contributed by atoms with E-state index in [1.807, 2.05) is 12.1 Å². The summed E-state index contributed by atoms with van der Waals surface area (Å²) < 4.78 is 6.59. The number of methoxy groups -OCH3 is 1. The minimum Gasteiger partial charge on any atom is -0.504 e. The summed E-state index contributed by atoms with van der Waals surface area (Å²) in [6, 6.07) is 13.8. The SMILES string of the molecule is COc1cc(-c2nc3cnccc3c(=O)n2NCc2ccc(Cl)cc2)ccc1O. The average Bonchev–Trinajstić information content (AvgIpc) is 2.74. The van der Waals surface area contributed by atoms with E-state index in [0.717, 1.165) is 5.56 Å². The van der Waals surface area contributed by atoms with Crippen LogP contribution in [0.2, 0.25) is 5.02 Å². The summed E-state index contributed by atoms with van der Waals surface area (Å²) in [6.45, 7) is 0.386. The molecule has 4 aromatic rings. The Balaban J connectivity index is 1.84. The predicted octanol–water partition coefficient (Wildman–Crippen LogP) is 3.57. The van der Waals surface area contributed by atoms with Crippen molar-refractivity contribution in [2.75, 3.05) is 12.5 Å². The smallest absolute Gasteiger partial charge is 0.280 e. The number of aromatic nitrogens is 3. The highest BCUT2D eigenvalue weighted by Gasteiger charge is 2.15. The molecule has 0 radical (unpaired) electrons. The van der Waals surface area contributed by atoms with Crippen LogP contribution in [-0.4, -0.2) is 26.9 Å². The molecule has 0 bridgehead atoms. The molecular weight excluding hydrogens is 392 g/mol. The number of hydrogen-bond acceptors (Lipinski definition) is 6. The zero-order valence-corrected chi connectivity index (χ0v) is 16.2. The number of ether oxygens (including phenoxy) is 1. The molecule has 2 N–H and O–H groups in total. The van der Waals surface area contributed by atoms with Crippen molar-refractivity contribution in [3.8, 4) is 22.9 Å². The fraction of sp³-hybridized carbons (Fsp3) is 0.0952. The molecule has 8 heteroatoms. The number of halogens is 1. The molecule has 0 aliphatic heterocycles. The summed E-state index contributed by atoms with van der Waals surface area (Å²) in [6.07, 6.45) is 3.10. The normalized spacial score (nSPS) is 10.8. The van der Waals surface area contributed by atoms with Crippen molar-refractivity contribution >= 4 is 22.5 Å². The van der Waals surface area contributed by atoms with E-state index >= 15 is 0 Å². The lowest BCUT2D eigenvalue weighted by atomic mass is 10.1. The molecule has 0 saturated heterocycles. The van der Waals surface area contributed by atoms with Crippen LogP contribution in [0, 0.1) is 0 Å². The number of aromatic hydroxyl groups is 1. The molecular formula is C21H17ClN4O3. The Morgan fingerprint density at radius 2 is 1.97 bits per heavy atom. The van der Waals surface area contributed by atoms with Gasteiger partial charge in [0.05, 0.1) is 30.8 Å². The molecule has 0 aliphatic carbocycles. The lowest BCUT2D eigenvalue weighted by Crippen LogP contribution is -2.31. The number of nitrogens with one attached hydrogen (secondary N) is 1. The summed E-state index contributed by atoms with van der Waals surface area (Å²) in [5.74, 6) is 0.664. The van der Waals surface area contributed by atoms with Crippen LogP contribution in [0.15, 0.2) is 65.7 Å². The summed E-state index contributed by atoms with van der Waals surface area (Å²) in [5.41, 5.74) is 4.91. The molecule has 0 unspecified atom stereocenters. The molecule has 2 aromatic carbocycles. The number of rotatable bonds is 5. The third kappa shape index (κ3) is 3.72. The van der Waals surface area contributed by atoms with E-state index in [1.54, 1.807) is 42.7 Å². The summed E-state index contributed by atoms with van der Waals surface area (Å²) >= 11 is 5.94. The lowest BCUT2D eigenvalue weighted by Gasteiger charge is -2.16. The molecule has 0 amide bonds. The summed E-state index contributed by atoms with van der Waals surface area (Å²) in [4.78, 5) is 21.8. The molecule has 7 nitrogen and oxygen atoms in total. The molecule has 0 atom stereocenters. The van der Waals surface area contributed by atoms with Crippen LogP contribution in [-0.2, 0) is 6.54 Å². The van der Waals surface area contributed by atoms with Gasteiger partial charge in [-0.2, -0.15) is 0 Å². The van der Waals surface area contributed by atoms with E-state index in [2.05, 4.69) is 15.4 Å². The zero-order valence-electron chi connectivity index (χ0n) is 15.5. The van der Waals surface area contributed by atoms with E-state index in [9.17, 15) is 9.90 Å². The maximum Gasteiger partial charge on any atom is 0.280 e. The van der Waals surface area contributed by atoms with Gasteiger partial charge in [0.15, 0.2) is 17.3 Å². The van der Waals surface area contributed by atoms with Crippen molar-refractivity contribution in [3.05, 3.63) is 81.9 Å². The van der Waals surface area contributed by atoms with Gasteiger partial charge in [-0.05, 0) is 42.0 Å². The number of phenolic OH excluding ortho intramolecular Hbond substituents is 1. The second-order valence-corrected chi connectivity index (χ2v) is 6.75. The Kier molecular flexibility index (Phi) is 5.05. The summed E-state index contributed by atoms with van der Waals surface area (Å²) in [7, 11) is 1.46. The van der Waals surface area contributed by atoms with E-state index in [4.69, 9.17) is 16.3 Å². The van der Waals surface area contributed by atoms with Gasteiger partial charge in [0.25, 0.3) is 5.56 Å². The Hall–Kier alpha value is -3.58. The number of hydrogen-bond donors (Lipinski definition) is 2. The van der Waals surface area contributed by atoms with Crippen molar-refractivity contribution in [2.24, 2.45) is 0 Å². The highest BCUT2D eigenvalue weighted by molar-refractivity contribution is 6.30. The van der Waals surface area contributed by atoms with Crippen LogP contribution in [0.5, 0.6) is 11.5 Å². The maximum atomic E-state index is 13.2. The Morgan fingerprint density at radius 1 is 1.17 bits per heavy atom. The molecule has 146 valence electrons. The maximum absolute atomic E-state index is 13.2. The second kappa shape index (κ2) is 7.81. The minimum absolute atomic E-state index is 0.00160. The zero-order chi connectivity index (χ0) is 20.4. The quantitative estimate of drug-likeness (QED) is 0.524. The van der Waals surface area contributed by atoms with Crippen LogP contribution in [0.3, 0.4) is 0 Å². The van der Waals surface area contributed by atoms with Gasteiger partial charge in [-0.15, -0.1) is 0 Å². The van der Waals surface area contributed by atoms with Gasteiger partial charge >= 0.3 is 0 Å². The van der Waals surface area contributed by atoms with Gasteiger partial charge in [0, 0.05) is 16.8 Å². The highest BCUT2D eigenvalue weighted by Crippen LogP contribution is 2.30. The van der Waals surface area contributed by atoms with Gasteiger partial charge in [0.2, 0.25) is 0 Å². The van der Waals surface area contributed by atoms with Crippen molar-refractivity contribution in [2.45, 2.75) is 6.54 Å². The average molecular weight is 409 g/mol. The van der Waals surface area contributed by atoms with Gasteiger partial charge in [0.1, 0.15) is 0 Å². The van der Waals surface area contributed by atoms with Crippen LogP contribution in [0.25, 0.3) is 22.3 Å². The first-order chi connectivity index (χ1) is 14.1. The Bertz CT molecular complexity index is 1240. The molecule has 0 spiro atoms. The number of phenols is 1. The van der Waals surface area contributed by atoms with E-state index in [-0.39, 0.29) is 17.1 Å². The predicted molar refractivity (Wildman–Crippen MR) is 112 cm³/mol. The molecule has 0 saturated carbocycles. The third-order valence-electron chi connectivity index (χ3n) is 4.46. The van der Waals surface area contributed by atoms with Crippen molar-refractivity contribution in [3.63, 3.8) is 0 Å². The van der Waals surface area contributed by atoms with Crippen LogP contribution < -0.4 is 15.7 Å². The molecule has 2 heterocycles. The molecule has 29 heavy (non-hydrogen) atoms.